The van der Waals surface area contributed by atoms with Crippen LogP contribution in [0.1, 0.15) is 16.1 Å². The zero-order valence-electron chi connectivity index (χ0n) is 19.0. The number of ether oxygens (including phenoxy) is 1. The van der Waals surface area contributed by atoms with Crippen molar-refractivity contribution in [1.82, 2.24) is 24.9 Å². The van der Waals surface area contributed by atoms with Gasteiger partial charge >= 0.3 is 0 Å². The fourth-order valence-corrected chi connectivity index (χ4v) is 3.64. The van der Waals surface area contributed by atoms with Gasteiger partial charge < -0.3 is 10.1 Å². The maximum atomic E-state index is 13.7. The molecule has 0 unspecified atom stereocenters. The van der Waals surface area contributed by atoms with Crippen molar-refractivity contribution in [3.8, 4) is 22.7 Å². The van der Waals surface area contributed by atoms with Crippen LogP contribution < -0.4 is 10.1 Å². The minimum Gasteiger partial charge on any atom is -0.468 e. The molecule has 5 aromatic rings. The number of carbonyl (C=O) groups excluding carboxylic acids is 1. The third-order valence-electron chi connectivity index (χ3n) is 5.42. The topological polar surface area (TPSA) is 74.0 Å². The van der Waals surface area contributed by atoms with Gasteiger partial charge in [0, 0.05) is 36.1 Å². The van der Waals surface area contributed by atoms with Crippen molar-refractivity contribution in [1.29, 1.82) is 0 Å². The molecule has 1 N–H and O–H groups in total. The van der Waals surface area contributed by atoms with Crippen molar-refractivity contribution in [2.45, 2.75) is 13.3 Å². The minimum atomic E-state index is -0.814. The van der Waals surface area contributed by atoms with Gasteiger partial charge in [-0.2, -0.15) is 10.2 Å². The Balaban J connectivity index is 1.28. The normalized spacial score (nSPS) is 10.8. The summed E-state index contributed by atoms with van der Waals surface area (Å²) >= 11 is 0. The Morgan fingerprint density at radius 1 is 0.917 bits per heavy atom. The number of carbonyl (C=O) groups is 1. The zero-order chi connectivity index (χ0) is 24.9. The first-order valence-corrected chi connectivity index (χ1v) is 11.2. The number of rotatable bonds is 8. The molecule has 0 fully saturated rings. The number of hydrogen-bond donors (Lipinski definition) is 1. The van der Waals surface area contributed by atoms with E-state index >= 15 is 0 Å². The van der Waals surface area contributed by atoms with E-state index in [1.165, 1.54) is 16.8 Å². The molecule has 5 rings (SSSR count). The number of halogens is 2. The molecule has 180 valence electrons. The molecule has 9 heteroatoms. The lowest BCUT2D eigenvalue weighted by Gasteiger charge is -2.07. The molecule has 36 heavy (non-hydrogen) atoms. The first kappa shape index (κ1) is 23.0. The molecule has 0 atom stereocenters. The van der Waals surface area contributed by atoms with E-state index in [4.69, 9.17) is 9.84 Å². The van der Waals surface area contributed by atoms with Gasteiger partial charge in [-0.15, -0.1) is 0 Å². The van der Waals surface area contributed by atoms with E-state index in [-0.39, 0.29) is 30.6 Å². The number of amides is 1. The lowest BCUT2D eigenvalue weighted by molar-refractivity contribution is 0.0943. The predicted molar refractivity (Wildman–Crippen MR) is 129 cm³/mol. The minimum absolute atomic E-state index is 0.109. The molecule has 0 aliphatic carbocycles. The monoisotopic (exact) mass is 485 g/mol. The molecular formula is C27H21F2N5O2. The summed E-state index contributed by atoms with van der Waals surface area (Å²) in [6.07, 6.45) is 3.43. The highest BCUT2D eigenvalue weighted by Gasteiger charge is 2.15. The van der Waals surface area contributed by atoms with Crippen molar-refractivity contribution >= 4 is 5.91 Å². The highest BCUT2D eigenvalue weighted by atomic mass is 19.1. The summed E-state index contributed by atoms with van der Waals surface area (Å²) < 4.78 is 35.2. The third kappa shape index (κ3) is 5.15. The third-order valence-corrected chi connectivity index (χ3v) is 5.42. The zero-order valence-corrected chi connectivity index (χ0v) is 19.0. The molecule has 0 saturated heterocycles. The van der Waals surface area contributed by atoms with Gasteiger partial charge in [0.05, 0.1) is 11.4 Å². The summed E-state index contributed by atoms with van der Waals surface area (Å²) in [7, 11) is 0. The Hall–Kier alpha value is -4.79. The van der Waals surface area contributed by atoms with Crippen molar-refractivity contribution in [2.75, 3.05) is 0 Å². The molecule has 0 radical (unpaired) electrons. The van der Waals surface area contributed by atoms with Crippen molar-refractivity contribution in [2.24, 2.45) is 0 Å². The summed E-state index contributed by atoms with van der Waals surface area (Å²) in [5.41, 5.74) is 3.62. The summed E-state index contributed by atoms with van der Waals surface area (Å²) in [5.74, 6) is -2.00. The van der Waals surface area contributed by atoms with Gasteiger partial charge in [-0.1, -0.05) is 48.5 Å². The van der Waals surface area contributed by atoms with E-state index in [9.17, 15) is 13.6 Å². The smallest absolute Gasteiger partial charge is 0.272 e. The fourth-order valence-electron chi connectivity index (χ4n) is 3.64. The average Bonchev–Trinajstić information content (AvgIpc) is 3.56. The van der Waals surface area contributed by atoms with E-state index in [1.807, 2.05) is 66.9 Å². The molecular weight excluding hydrogens is 464 g/mol. The number of para-hydroxylation sites is 1. The fraction of sp³-hybridized carbons (Fsp3) is 0.0741. The predicted octanol–water partition coefficient (Wildman–Crippen LogP) is 4.98. The van der Waals surface area contributed by atoms with Gasteiger partial charge in [-0.3, -0.25) is 4.79 Å². The van der Waals surface area contributed by atoms with E-state index in [2.05, 4.69) is 10.4 Å². The largest absolute Gasteiger partial charge is 0.468 e. The molecule has 7 nitrogen and oxygen atoms in total. The van der Waals surface area contributed by atoms with E-state index in [0.29, 0.717) is 0 Å². The molecule has 0 bridgehead atoms. The average molecular weight is 485 g/mol. The van der Waals surface area contributed by atoms with Crippen molar-refractivity contribution in [3.05, 3.63) is 120 Å². The van der Waals surface area contributed by atoms with E-state index in [0.717, 1.165) is 34.6 Å². The number of nitrogens with zero attached hydrogens (tertiary/aromatic N) is 4. The highest BCUT2D eigenvalue weighted by Crippen LogP contribution is 2.24. The lowest BCUT2D eigenvalue weighted by atomic mass is 10.1. The quantitative estimate of drug-likeness (QED) is 0.336. The Labute approximate surface area is 205 Å². The van der Waals surface area contributed by atoms with Gasteiger partial charge in [-0.05, 0) is 30.3 Å². The van der Waals surface area contributed by atoms with Crippen LogP contribution in [0.5, 0.6) is 5.75 Å². The number of hydrogen-bond acceptors (Lipinski definition) is 4. The van der Waals surface area contributed by atoms with Crippen molar-refractivity contribution in [3.63, 3.8) is 0 Å². The van der Waals surface area contributed by atoms with Crippen LogP contribution in [-0.2, 0) is 13.3 Å². The SMILES string of the molecule is O=C(NCc1cn(-c2ccccc2)nc1-c1ccccc1)c1ccn(COc2ccc(F)cc2F)n1. The lowest BCUT2D eigenvalue weighted by Crippen LogP contribution is -2.23. The molecule has 2 heterocycles. The second kappa shape index (κ2) is 10.2. The molecule has 1 amide bonds. The van der Waals surface area contributed by atoms with Gasteiger partial charge in [0.1, 0.15) is 11.5 Å². The van der Waals surface area contributed by atoms with Gasteiger partial charge in [0.25, 0.3) is 5.91 Å². The van der Waals surface area contributed by atoms with E-state index in [1.54, 1.807) is 10.9 Å². The molecule has 0 aliphatic heterocycles. The molecule has 2 aromatic heterocycles. The maximum absolute atomic E-state index is 13.7. The van der Waals surface area contributed by atoms with Crippen LogP contribution in [-0.4, -0.2) is 25.5 Å². The Kier molecular flexibility index (Phi) is 6.53. The van der Waals surface area contributed by atoms with Crippen LogP contribution in [0.4, 0.5) is 8.78 Å². The first-order chi connectivity index (χ1) is 17.6. The van der Waals surface area contributed by atoms with Gasteiger partial charge in [0.15, 0.2) is 18.3 Å². The Morgan fingerprint density at radius 3 is 2.42 bits per heavy atom. The second-order valence-corrected chi connectivity index (χ2v) is 7.92. The Morgan fingerprint density at radius 2 is 1.67 bits per heavy atom. The van der Waals surface area contributed by atoms with E-state index < -0.39 is 11.6 Å². The molecule has 0 spiro atoms. The van der Waals surface area contributed by atoms with Crippen molar-refractivity contribution < 1.29 is 18.3 Å². The maximum Gasteiger partial charge on any atom is 0.272 e. The number of benzene rings is 3. The van der Waals surface area contributed by atoms with Crippen LogP contribution in [0.25, 0.3) is 16.9 Å². The number of aromatic nitrogens is 4. The summed E-state index contributed by atoms with van der Waals surface area (Å²) in [5, 5.41) is 11.8. The molecule has 0 saturated carbocycles. The molecule has 3 aromatic carbocycles. The van der Waals surface area contributed by atoms with Crippen LogP contribution in [0, 0.1) is 11.6 Å². The first-order valence-electron chi connectivity index (χ1n) is 11.2. The van der Waals surface area contributed by atoms with Gasteiger partial charge in [0.2, 0.25) is 0 Å². The van der Waals surface area contributed by atoms with Gasteiger partial charge in [-0.25, -0.2) is 18.1 Å². The standard InChI is InChI=1S/C27H21F2N5O2/c28-21-11-12-25(23(29)15-21)36-18-33-14-13-24(31-33)27(35)30-16-20-17-34(22-9-5-2-6-10-22)32-26(20)19-7-3-1-4-8-19/h1-15,17H,16,18H2,(H,30,35). The summed E-state index contributed by atoms with van der Waals surface area (Å²) in [6.45, 7) is 0.0951. The highest BCUT2D eigenvalue weighted by molar-refractivity contribution is 5.92. The second-order valence-electron chi connectivity index (χ2n) is 7.92. The summed E-state index contributed by atoms with van der Waals surface area (Å²) in [4.78, 5) is 12.8. The van der Waals surface area contributed by atoms with Crippen LogP contribution in [0.15, 0.2) is 97.3 Å². The van der Waals surface area contributed by atoms with Crippen LogP contribution >= 0.6 is 0 Å². The Bertz CT molecular complexity index is 1480. The summed E-state index contributed by atoms with van der Waals surface area (Å²) in [6, 6.07) is 24.0. The number of nitrogens with one attached hydrogen (secondary N) is 1. The molecule has 0 aliphatic rings. The van der Waals surface area contributed by atoms with Crippen LogP contribution in [0.3, 0.4) is 0 Å². The van der Waals surface area contributed by atoms with Crippen LogP contribution in [0.2, 0.25) is 0 Å².